The van der Waals surface area contributed by atoms with Gasteiger partial charge < -0.3 is 9.84 Å². The van der Waals surface area contributed by atoms with Crippen LogP contribution in [0.25, 0.3) is 11.6 Å². The fraction of sp³-hybridized carbons (Fsp3) is 0.118. The maximum atomic E-state index is 13.7. The van der Waals surface area contributed by atoms with Crippen molar-refractivity contribution in [1.82, 2.24) is 0 Å². The van der Waals surface area contributed by atoms with Gasteiger partial charge >= 0.3 is 5.97 Å². The molecule has 0 unspecified atom stereocenters. The summed E-state index contributed by atoms with van der Waals surface area (Å²) in [6.45, 7) is 2.44. The molecule has 0 bridgehead atoms. The molecule has 0 aliphatic carbocycles. The van der Waals surface area contributed by atoms with Crippen LogP contribution < -0.4 is 4.74 Å². The second-order valence-electron chi connectivity index (χ2n) is 4.35. The fourth-order valence-corrected chi connectivity index (χ4v) is 1.93. The van der Waals surface area contributed by atoms with E-state index in [1.54, 1.807) is 30.3 Å². The minimum absolute atomic E-state index is 0.0684. The third-order valence-electron chi connectivity index (χ3n) is 2.90. The van der Waals surface area contributed by atoms with Crippen molar-refractivity contribution in [1.29, 1.82) is 0 Å². The van der Waals surface area contributed by atoms with Crippen molar-refractivity contribution in [3.63, 3.8) is 0 Å². The molecule has 0 aliphatic heterocycles. The summed E-state index contributed by atoms with van der Waals surface area (Å²) < 4.78 is 19.1. The largest absolute Gasteiger partial charge is 0.494 e. The highest BCUT2D eigenvalue weighted by atomic mass is 19.1. The van der Waals surface area contributed by atoms with Crippen molar-refractivity contribution < 1.29 is 19.0 Å². The first-order valence-electron chi connectivity index (χ1n) is 6.54. The molecule has 0 atom stereocenters. The van der Waals surface area contributed by atoms with E-state index in [-0.39, 0.29) is 11.1 Å². The molecule has 1 N–H and O–H groups in total. The Kier molecular flexibility index (Phi) is 4.72. The first kappa shape index (κ1) is 14.8. The molecule has 0 saturated carbocycles. The zero-order valence-electron chi connectivity index (χ0n) is 11.5. The second-order valence-corrected chi connectivity index (χ2v) is 4.35. The summed E-state index contributed by atoms with van der Waals surface area (Å²) >= 11 is 0. The molecular formula is C17H15FO3. The molecule has 21 heavy (non-hydrogen) atoms. The minimum Gasteiger partial charge on any atom is -0.494 e. The van der Waals surface area contributed by atoms with Crippen molar-refractivity contribution in [3.8, 4) is 5.75 Å². The Morgan fingerprint density at radius 2 is 1.86 bits per heavy atom. The van der Waals surface area contributed by atoms with Gasteiger partial charge in [0, 0.05) is 5.56 Å². The Morgan fingerprint density at radius 1 is 1.19 bits per heavy atom. The van der Waals surface area contributed by atoms with E-state index < -0.39 is 11.8 Å². The third kappa shape index (κ3) is 3.69. The quantitative estimate of drug-likeness (QED) is 0.671. The molecule has 0 saturated heterocycles. The summed E-state index contributed by atoms with van der Waals surface area (Å²) in [5, 5.41) is 9.29. The van der Waals surface area contributed by atoms with Crippen LogP contribution in [0.5, 0.6) is 5.75 Å². The average Bonchev–Trinajstić information content (AvgIpc) is 2.47. The molecule has 4 heteroatoms. The topological polar surface area (TPSA) is 46.5 Å². The highest BCUT2D eigenvalue weighted by Gasteiger charge is 2.14. The summed E-state index contributed by atoms with van der Waals surface area (Å²) in [5.41, 5.74) is 0.648. The number of rotatable bonds is 5. The number of halogens is 1. The van der Waals surface area contributed by atoms with E-state index >= 15 is 0 Å². The Labute approximate surface area is 122 Å². The molecule has 2 aromatic rings. The van der Waals surface area contributed by atoms with Crippen molar-refractivity contribution in [3.05, 3.63) is 65.5 Å². The van der Waals surface area contributed by atoms with Gasteiger partial charge in [0.05, 0.1) is 12.2 Å². The SMILES string of the molecule is CCOc1ccc(/C=C(/C(=O)O)c2ccccc2F)cc1. The first-order chi connectivity index (χ1) is 10.1. The Hall–Kier alpha value is -2.62. The molecule has 2 rings (SSSR count). The molecule has 0 aliphatic rings. The van der Waals surface area contributed by atoms with Gasteiger partial charge in [-0.1, -0.05) is 30.3 Å². The summed E-state index contributed by atoms with van der Waals surface area (Å²) in [5.74, 6) is -1.02. The number of hydrogen-bond donors (Lipinski definition) is 1. The highest BCUT2D eigenvalue weighted by molar-refractivity contribution is 6.20. The number of hydrogen-bond acceptors (Lipinski definition) is 2. The smallest absolute Gasteiger partial charge is 0.336 e. The molecule has 0 heterocycles. The lowest BCUT2D eigenvalue weighted by atomic mass is 10.0. The Morgan fingerprint density at radius 3 is 2.43 bits per heavy atom. The van der Waals surface area contributed by atoms with Gasteiger partial charge in [0.1, 0.15) is 11.6 Å². The zero-order chi connectivity index (χ0) is 15.2. The number of aliphatic carboxylic acids is 1. The number of carboxylic acid groups (broad SMARTS) is 1. The van der Waals surface area contributed by atoms with Gasteiger partial charge in [-0.2, -0.15) is 0 Å². The summed E-state index contributed by atoms with van der Waals surface area (Å²) in [7, 11) is 0. The highest BCUT2D eigenvalue weighted by Crippen LogP contribution is 2.22. The van der Waals surface area contributed by atoms with Crippen LogP contribution in [0.4, 0.5) is 4.39 Å². The van der Waals surface area contributed by atoms with Crippen LogP contribution in [0.3, 0.4) is 0 Å². The van der Waals surface area contributed by atoms with E-state index in [9.17, 15) is 14.3 Å². The minimum atomic E-state index is -1.17. The molecule has 0 amide bonds. The summed E-state index contributed by atoms with van der Waals surface area (Å²) in [6, 6.07) is 12.8. The van der Waals surface area contributed by atoms with E-state index in [2.05, 4.69) is 0 Å². The van der Waals surface area contributed by atoms with Crippen LogP contribution >= 0.6 is 0 Å². The molecular weight excluding hydrogens is 271 g/mol. The summed E-state index contributed by atoms with van der Waals surface area (Å²) in [4.78, 5) is 11.4. The second kappa shape index (κ2) is 6.70. The molecule has 0 radical (unpaired) electrons. The lowest BCUT2D eigenvalue weighted by Gasteiger charge is -2.06. The van der Waals surface area contributed by atoms with Gasteiger partial charge in [-0.05, 0) is 36.8 Å². The van der Waals surface area contributed by atoms with Crippen LogP contribution in [0.15, 0.2) is 48.5 Å². The van der Waals surface area contributed by atoms with Gasteiger partial charge in [0.2, 0.25) is 0 Å². The maximum Gasteiger partial charge on any atom is 0.336 e. The van der Waals surface area contributed by atoms with Gasteiger partial charge in [-0.3, -0.25) is 0 Å². The van der Waals surface area contributed by atoms with Crippen molar-refractivity contribution in [2.24, 2.45) is 0 Å². The van der Waals surface area contributed by atoms with Crippen molar-refractivity contribution >= 4 is 17.6 Å². The summed E-state index contributed by atoms with van der Waals surface area (Å²) in [6.07, 6.45) is 1.44. The maximum absolute atomic E-state index is 13.7. The first-order valence-corrected chi connectivity index (χ1v) is 6.54. The van der Waals surface area contributed by atoms with E-state index in [1.165, 1.54) is 24.3 Å². The lowest BCUT2D eigenvalue weighted by Crippen LogP contribution is -2.01. The molecule has 0 aromatic heterocycles. The predicted octanol–water partition coefficient (Wildman–Crippen LogP) is 3.85. The van der Waals surface area contributed by atoms with E-state index in [0.717, 1.165) is 0 Å². The van der Waals surface area contributed by atoms with Gasteiger partial charge in [-0.15, -0.1) is 0 Å². The van der Waals surface area contributed by atoms with Crippen molar-refractivity contribution in [2.75, 3.05) is 6.61 Å². The standard InChI is InChI=1S/C17H15FO3/c1-2-21-13-9-7-12(8-10-13)11-15(17(19)20)14-5-3-4-6-16(14)18/h3-11H,2H2,1H3,(H,19,20)/b15-11+. The van der Waals surface area contributed by atoms with Gasteiger partial charge in [0.25, 0.3) is 0 Å². The Balaban J connectivity index is 2.38. The van der Waals surface area contributed by atoms with Gasteiger partial charge in [-0.25, -0.2) is 9.18 Å². The van der Waals surface area contributed by atoms with Crippen molar-refractivity contribution in [2.45, 2.75) is 6.92 Å². The van der Waals surface area contributed by atoms with E-state index in [0.29, 0.717) is 17.9 Å². The Bertz CT molecular complexity index is 660. The molecule has 2 aromatic carbocycles. The van der Waals surface area contributed by atoms with Crippen LogP contribution in [0.2, 0.25) is 0 Å². The predicted molar refractivity (Wildman–Crippen MR) is 79.5 cm³/mol. The number of carbonyl (C=O) groups is 1. The number of benzene rings is 2. The molecule has 108 valence electrons. The fourth-order valence-electron chi connectivity index (χ4n) is 1.93. The zero-order valence-corrected chi connectivity index (χ0v) is 11.5. The number of carboxylic acids is 1. The van der Waals surface area contributed by atoms with E-state index in [1.807, 2.05) is 6.92 Å². The van der Waals surface area contributed by atoms with Crippen LogP contribution in [-0.4, -0.2) is 17.7 Å². The molecule has 3 nitrogen and oxygen atoms in total. The van der Waals surface area contributed by atoms with Crippen LogP contribution in [0, 0.1) is 5.82 Å². The third-order valence-corrected chi connectivity index (χ3v) is 2.90. The van der Waals surface area contributed by atoms with E-state index in [4.69, 9.17) is 4.74 Å². The molecule has 0 fully saturated rings. The van der Waals surface area contributed by atoms with Gasteiger partial charge in [0.15, 0.2) is 0 Å². The lowest BCUT2D eigenvalue weighted by molar-refractivity contribution is -0.130. The monoisotopic (exact) mass is 286 g/mol. The molecule has 0 spiro atoms. The number of ether oxygens (including phenoxy) is 1. The van der Waals surface area contributed by atoms with Crippen LogP contribution in [0.1, 0.15) is 18.1 Å². The van der Waals surface area contributed by atoms with Crippen LogP contribution in [-0.2, 0) is 4.79 Å². The normalized spacial score (nSPS) is 11.2. The average molecular weight is 286 g/mol.